The Bertz CT molecular complexity index is 1860. The fourth-order valence-electron chi connectivity index (χ4n) is 6.72. The molecule has 5 aromatic carbocycles. The lowest BCUT2D eigenvalue weighted by Gasteiger charge is -2.31. The van der Waals surface area contributed by atoms with Gasteiger partial charge in [-0.15, -0.1) is 0 Å². The zero-order valence-electron chi connectivity index (χ0n) is 20.7. The molecule has 2 unspecified atom stereocenters. The Hall–Kier alpha value is -4.56. The van der Waals surface area contributed by atoms with Gasteiger partial charge in [-0.1, -0.05) is 91.9 Å². The molecule has 0 bridgehead atoms. The molecule has 0 fully saturated rings. The molecule has 0 N–H and O–H groups in total. The van der Waals surface area contributed by atoms with E-state index in [1.165, 1.54) is 61.3 Å². The van der Waals surface area contributed by atoms with E-state index in [9.17, 15) is 0 Å². The van der Waals surface area contributed by atoms with Crippen molar-refractivity contribution in [1.29, 1.82) is 0 Å². The van der Waals surface area contributed by atoms with Gasteiger partial charge < -0.3 is 9.47 Å². The Balaban J connectivity index is 1.42. The minimum atomic E-state index is 0.293. The van der Waals surface area contributed by atoms with E-state index in [-0.39, 0.29) is 0 Å². The number of rotatable bonds is 2. The Morgan fingerprint density at radius 3 is 2.24 bits per heavy atom. The van der Waals surface area contributed by atoms with Crippen molar-refractivity contribution >= 4 is 39.1 Å². The summed E-state index contributed by atoms with van der Waals surface area (Å²) in [4.78, 5) is 2.50. The molecule has 0 spiro atoms. The molecular formula is C35H26N2. The molecule has 37 heavy (non-hydrogen) atoms. The summed E-state index contributed by atoms with van der Waals surface area (Å²) in [7, 11) is 0. The minimum absolute atomic E-state index is 0.293. The van der Waals surface area contributed by atoms with E-state index in [1.807, 2.05) is 0 Å². The third kappa shape index (κ3) is 2.87. The van der Waals surface area contributed by atoms with Crippen LogP contribution in [0.4, 0.5) is 11.4 Å². The summed E-state index contributed by atoms with van der Waals surface area (Å²) < 4.78 is 2.49. The van der Waals surface area contributed by atoms with Crippen molar-refractivity contribution in [1.82, 2.24) is 4.57 Å². The quantitative estimate of drug-likeness (QED) is 0.243. The molecule has 0 amide bonds. The van der Waals surface area contributed by atoms with Crippen molar-refractivity contribution in [3.63, 3.8) is 0 Å². The molecule has 0 radical (unpaired) electrons. The molecule has 2 nitrogen and oxygen atoms in total. The van der Waals surface area contributed by atoms with Gasteiger partial charge in [-0.3, -0.25) is 0 Å². The summed E-state index contributed by atoms with van der Waals surface area (Å²) in [6.07, 6.45) is 2.47. The number of para-hydroxylation sites is 3. The van der Waals surface area contributed by atoms with Gasteiger partial charge in [0, 0.05) is 51.2 Å². The van der Waals surface area contributed by atoms with Gasteiger partial charge >= 0.3 is 0 Å². The Morgan fingerprint density at radius 2 is 1.35 bits per heavy atom. The topological polar surface area (TPSA) is 8.17 Å². The highest BCUT2D eigenvalue weighted by atomic mass is 15.2. The summed E-state index contributed by atoms with van der Waals surface area (Å²) in [6, 6.07) is 44.1. The van der Waals surface area contributed by atoms with Crippen molar-refractivity contribution < 1.29 is 0 Å². The van der Waals surface area contributed by atoms with Crippen molar-refractivity contribution in [2.45, 2.75) is 18.8 Å². The van der Waals surface area contributed by atoms with Gasteiger partial charge in [-0.2, -0.15) is 0 Å². The van der Waals surface area contributed by atoms with Crippen molar-refractivity contribution in [3.05, 3.63) is 144 Å². The van der Waals surface area contributed by atoms with Crippen LogP contribution in [0, 0.1) is 0 Å². The molecular weight excluding hydrogens is 448 g/mol. The van der Waals surface area contributed by atoms with Crippen LogP contribution in [0.2, 0.25) is 0 Å². The van der Waals surface area contributed by atoms with Crippen LogP contribution in [-0.2, 0) is 0 Å². The molecule has 2 atom stereocenters. The smallest absolute Gasteiger partial charge is 0.0537 e. The van der Waals surface area contributed by atoms with Crippen LogP contribution in [0.5, 0.6) is 0 Å². The zero-order chi connectivity index (χ0) is 24.5. The lowest BCUT2D eigenvalue weighted by atomic mass is 9.79. The molecule has 2 aliphatic rings. The third-order valence-corrected chi connectivity index (χ3v) is 8.27. The maximum Gasteiger partial charge on any atom is 0.0537 e. The fraction of sp³-hybridized carbons (Fsp3) is 0.0857. The molecule has 6 aromatic rings. The van der Waals surface area contributed by atoms with Crippen molar-refractivity contribution in [2.75, 3.05) is 4.90 Å². The molecule has 1 aliphatic carbocycles. The Kier molecular flexibility index (Phi) is 4.30. The summed E-state index contributed by atoms with van der Waals surface area (Å²) in [5.74, 6) is 0.608. The highest BCUT2D eigenvalue weighted by Gasteiger charge is 2.43. The predicted molar refractivity (Wildman–Crippen MR) is 155 cm³/mol. The molecule has 2 heterocycles. The molecule has 2 heteroatoms. The number of hydrogen-bond donors (Lipinski definition) is 0. The monoisotopic (exact) mass is 474 g/mol. The Morgan fingerprint density at radius 1 is 0.622 bits per heavy atom. The highest BCUT2D eigenvalue weighted by Crippen LogP contribution is 2.57. The minimum Gasteiger partial charge on any atom is -0.313 e. The zero-order valence-corrected chi connectivity index (χ0v) is 20.7. The number of aromatic nitrogens is 1. The van der Waals surface area contributed by atoms with Gasteiger partial charge in [0.15, 0.2) is 0 Å². The molecule has 0 saturated heterocycles. The van der Waals surface area contributed by atoms with Gasteiger partial charge in [-0.05, 0) is 58.8 Å². The number of nitrogens with zero attached hydrogens (tertiary/aromatic N) is 2. The van der Waals surface area contributed by atoms with Crippen LogP contribution >= 0.6 is 0 Å². The van der Waals surface area contributed by atoms with Crippen molar-refractivity contribution in [3.8, 4) is 5.69 Å². The van der Waals surface area contributed by atoms with Gasteiger partial charge in [0.25, 0.3) is 0 Å². The lowest BCUT2D eigenvalue weighted by Crippen LogP contribution is -2.21. The Labute approximate surface area is 216 Å². The first-order chi connectivity index (χ1) is 18.3. The van der Waals surface area contributed by atoms with Crippen LogP contribution < -0.4 is 4.90 Å². The number of hydrogen-bond acceptors (Lipinski definition) is 1. The molecule has 1 aliphatic heterocycles. The van der Waals surface area contributed by atoms with Crippen LogP contribution in [0.25, 0.3) is 33.4 Å². The van der Waals surface area contributed by atoms with E-state index >= 15 is 0 Å². The molecule has 1 aromatic heterocycles. The van der Waals surface area contributed by atoms with E-state index in [1.54, 1.807) is 0 Å². The normalized spacial score (nSPS) is 18.0. The largest absolute Gasteiger partial charge is 0.313 e. The van der Waals surface area contributed by atoms with Crippen molar-refractivity contribution in [2.24, 2.45) is 0 Å². The summed E-state index contributed by atoms with van der Waals surface area (Å²) in [6.45, 7) is 2.41. The number of anilines is 2. The van der Waals surface area contributed by atoms with Crippen LogP contribution in [0.3, 0.4) is 0 Å². The van der Waals surface area contributed by atoms with E-state index in [0.29, 0.717) is 11.8 Å². The standard InChI is InChI=1S/C35H26N2/c1-23-34-29-16-8-10-18-32(29)36(27-20-19-24-11-5-6-12-25(24)21-27)33(34)22-30-28-15-7-9-17-31(28)37(35(23)30)26-13-3-2-4-14-26/h2-23,34H,1H3. The second-order valence-corrected chi connectivity index (χ2v) is 10.2. The third-order valence-electron chi connectivity index (χ3n) is 8.27. The first-order valence-corrected chi connectivity index (χ1v) is 13.1. The lowest BCUT2D eigenvalue weighted by molar-refractivity contribution is 0.625. The summed E-state index contributed by atoms with van der Waals surface area (Å²) in [5.41, 5.74) is 10.5. The van der Waals surface area contributed by atoms with E-state index < -0.39 is 0 Å². The SMILES string of the molecule is CC1c2c(c3ccccc3n2-c2ccccc2)C=C2C1c1ccccc1N2c1ccc2ccccc2c1. The van der Waals surface area contributed by atoms with Gasteiger partial charge in [-0.25, -0.2) is 0 Å². The fourth-order valence-corrected chi connectivity index (χ4v) is 6.72. The van der Waals surface area contributed by atoms with E-state index in [4.69, 9.17) is 0 Å². The molecule has 8 rings (SSSR count). The second-order valence-electron chi connectivity index (χ2n) is 10.2. The summed E-state index contributed by atoms with van der Waals surface area (Å²) >= 11 is 0. The van der Waals surface area contributed by atoms with Crippen LogP contribution in [-0.4, -0.2) is 4.57 Å². The number of fused-ring (bicyclic) bond motifs is 7. The number of benzene rings is 5. The maximum absolute atomic E-state index is 2.50. The van der Waals surface area contributed by atoms with Crippen LogP contribution in [0.1, 0.15) is 35.6 Å². The average Bonchev–Trinajstić information content (AvgIpc) is 3.47. The first kappa shape index (κ1) is 20.6. The van der Waals surface area contributed by atoms with Gasteiger partial charge in [0.05, 0.1) is 5.52 Å². The van der Waals surface area contributed by atoms with Gasteiger partial charge in [0.1, 0.15) is 0 Å². The van der Waals surface area contributed by atoms with Crippen LogP contribution in [0.15, 0.2) is 127 Å². The molecule has 176 valence electrons. The van der Waals surface area contributed by atoms with E-state index in [2.05, 4.69) is 144 Å². The van der Waals surface area contributed by atoms with Gasteiger partial charge in [0.2, 0.25) is 0 Å². The molecule has 0 saturated carbocycles. The maximum atomic E-state index is 2.50. The number of allylic oxidation sites excluding steroid dienone is 1. The summed E-state index contributed by atoms with van der Waals surface area (Å²) in [5, 5.41) is 3.86. The highest BCUT2D eigenvalue weighted by molar-refractivity contribution is 5.97. The van der Waals surface area contributed by atoms with E-state index in [0.717, 1.165) is 0 Å². The average molecular weight is 475 g/mol. The predicted octanol–water partition coefficient (Wildman–Crippen LogP) is 9.18. The second kappa shape index (κ2) is 7.72. The first-order valence-electron chi connectivity index (χ1n) is 13.1.